The first-order valence-corrected chi connectivity index (χ1v) is 8.27. The van der Waals surface area contributed by atoms with Gasteiger partial charge in [0.05, 0.1) is 12.1 Å². The second kappa shape index (κ2) is 7.28. The third-order valence-electron chi connectivity index (χ3n) is 4.20. The lowest BCUT2D eigenvalue weighted by molar-refractivity contribution is 0.143. The third kappa shape index (κ3) is 4.21. The second-order valence-electron chi connectivity index (χ2n) is 6.68. The number of rotatable bonds is 4. The van der Waals surface area contributed by atoms with Crippen molar-refractivity contribution in [3.63, 3.8) is 0 Å². The average Bonchev–Trinajstić information content (AvgIpc) is 2.60. The van der Waals surface area contributed by atoms with Crippen molar-refractivity contribution in [1.82, 2.24) is 4.90 Å². The molecule has 0 bridgehead atoms. The Morgan fingerprint density at radius 2 is 1.95 bits per heavy atom. The molecule has 0 spiro atoms. The minimum atomic E-state index is 0.198. The van der Waals surface area contributed by atoms with E-state index in [1.807, 2.05) is 6.07 Å². The summed E-state index contributed by atoms with van der Waals surface area (Å²) in [5.74, 6) is 0.947. The lowest BCUT2D eigenvalue weighted by Gasteiger charge is -2.37. The van der Waals surface area contributed by atoms with Gasteiger partial charge in [0, 0.05) is 12.1 Å². The molecule has 1 fully saturated rings. The number of hydrogen-bond acceptors (Lipinski definition) is 3. The first-order chi connectivity index (χ1) is 9.99. The van der Waals surface area contributed by atoms with Crippen molar-refractivity contribution in [3.05, 3.63) is 29.8 Å². The molecule has 1 heterocycles. The average molecular weight is 290 g/mol. The van der Waals surface area contributed by atoms with Gasteiger partial charge in [0.1, 0.15) is 5.75 Å². The van der Waals surface area contributed by atoms with Crippen LogP contribution < -0.4 is 10.5 Å². The SMILES string of the molecule is CC(C)Oc1cccc(C2C(N)CCCCN2C(C)C)c1. The molecule has 2 unspecified atom stereocenters. The minimum Gasteiger partial charge on any atom is -0.491 e. The van der Waals surface area contributed by atoms with Crippen LogP contribution in [0.3, 0.4) is 0 Å². The molecule has 21 heavy (non-hydrogen) atoms. The van der Waals surface area contributed by atoms with E-state index in [9.17, 15) is 0 Å². The van der Waals surface area contributed by atoms with E-state index < -0.39 is 0 Å². The molecule has 2 rings (SSSR count). The Labute approximate surface area is 129 Å². The van der Waals surface area contributed by atoms with Crippen molar-refractivity contribution in [1.29, 1.82) is 0 Å². The molecule has 1 aliphatic heterocycles. The number of hydrogen-bond donors (Lipinski definition) is 1. The summed E-state index contributed by atoms with van der Waals surface area (Å²) in [7, 11) is 0. The van der Waals surface area contributed by atoms with Crippen molar-refractivity contribution in [2.24, 2.45) is 5.73 Å². The van der Waals surface area contributed by atoms with E-state index in [0.717, 1.165) is 18.7 Å². The molecule has 0 amide bonds. The van der Waals surface area contributed by atoms with Crippen LogP contribution in [-0.2, 0) is 0 Å². The molecule has 0 aromatic heterocycles. The summed E-state index contributed by atoms with van der Waals surface area (Å²) in [6.07, 6.45) is 3.76. The summed E-state index contributed by atoms with van der Waals surface area (Å²) in [4.78, 5) is 2.55. The van der Waals surface area contributed by atoms with Gasteiger partial charge in [0.25, 0.3) is 0 Å². The normalized spacial score (nSPS) is 24.3. The van der Waals surface area contributed by atoms with Gasteiger partial charge in [-0.25, -0.2) is 0 Å². The Balaban J connectivity index is 2.30. The summed E-state index contributed by atoms with van der Waals surface area (Å²) in [6, 6.07) is 9.49. The molecular formula is C18H30N2O. The van der Waals surface area contributed by atoms with Crippen LogP contribution in [0.25, 0.3) is 0 Å². The zero-order valence-corrected chi connectivity index (χ0v) is 13.9. The topological polar surface area (TPSA) is 38.5 Å². The fourth-order valence-electron chi connectivity index (χ4n) is 3.28. The molecule has 1 aromatic rings. The fourth-order valence-corrected chi connectivity index (χ4v) is 3.28. The van der Waals surface area contributed by atoms with Gasteiger partial charge in [-0.15, -0.1) is 0 Å². The van der Waals surface area contributed by atoms with E-state index in [2.05, 4.69) is 50.8 Å². The number of nitrogens with zero attached hydrogens (tertiary/aromatic N) is 1. The van der Waals surface area contributed by atoms with Gasteiger partial charge in [-0.2, -0.15) is 0 Å². The lowest BCUT2D eigenvalue weighted by atomic mass is 9.95. The van der Waals surface area contributed by atoms with Crippen molar-refractivity contribution >= 4 is 0 Å². The van der Waals surface area contributed by atoms with Gasteiger partial charge in [-0.05, 0) is 64.8 Å². The van der Waals surface area contributed by atoms with Crippen LogP contribution in [-0.4, -0.2) is 29.6 Å². The largest absolute Gasteiger partial charge is 0.491 e. The van der Waals surface area contributed by atoms with Gasteiger partial charge < -0.3 is 10.5 Å². The maximum atomic E-state index is 6.51. The Kier molecular flexibility index (Phi) is 5.65. The smallest absolute Gasteiger partial charge is 0.120 e. The van der Waals surface area contributed by atoms with Gasteiger partial charge in [-0.1, -0.05) is 18.6 Å². The van der Waals surface area contributed by atoms with E-state index in [0.29, 0.717) is 12.1 Å². The minimum absolute atomic E-state index is 0.198. The number of ether oxygens (including phenoxy) is 1. The Morgan fingerprint density at radius 1 is 1.19 bits per heavy atom. The molecule has 1 aliphatic rings. The molecule has 0 saturated carbocycles. The third-order valence-corrected chi connectivity index (χ3v) is 4.20. The Bertz CT molecular complexity index is 445. The van der Waals surface area contributed by atoms with Gasteiger partial charge in [0.2, 0.25) is 0 Å². The second-order valence-corrected chi connectivity index (χ2v) is 6.68. The maximum Gasteiger partial charge on any atom is 0.120 e. The van der Waals surface area contributed by atoms with E-state index in [1.54, 1.807) is 0 Å². The summed E-state index contributed by atoms with van der Waals surface area (Å²) >= 11 is 0. The van der Waals surface area contributed by atoms with Crippen molar-refractivity contribution in [2.45, 2.75) is 71.2 Å². The Hall–Kier alpha value is -1.06. The van der Waals surface area contributed by atoms with Crippen LogP contribution in [0, 0.1) is 0 Å². The fraction of sp³-hybridized carbons (Fsp3) is 0.667. The van der Waals surface area contributed by atoms with Gasteiger partial charge >= 0.3 is 0 Å². The number of nitrogens with two attached hydrogens (primary N) is 1. The standard InChI is InChI=1S/C18H30N2O/c1-13(2)20-11-6-5-10-17(19)18(20)15-8-7-9-16(12-15)21-14(3)4/h7-9,12-14,17-18H,5-6,10-11,19H2,1-4H3. The quantitative estimate of drug-likeness (QED) is 0.918. The van der Waals surface area contributed by atoms with Crippen molar-refractivity contribution in [2.75, 3.05) is 6.54 Å². The number of benzene rings is 1. The van der Waals surface area contributed by atoms with Crippen LogP contribution in [0.15, 0.2) is 24.3 Å². The zero-order chi connectivity index (χ0) is 15.4. The van der Waals surface area contributed by atoms with E-state index in [-0.39, 0.29) is 12.1 Å². The predicted octanol–water partition coefficient (Wildman–Crippen LogP) is 3.74. The molecule has 2 N–H and O–H groups in total. The molecule has 0 aliphatic carbocycles. The number of likely N-dealkylation sites (tertiary alicyclic amines) is 1. The molecule has 2 atom stereocenters. The molecule has 3 heteroatoms. The van der Waals surface area contributed by atoms with Crippen LogP contribution in [0.5, 0.6) is 5.75 Å². The first kappa shape index (κ1) is 16.3. The monoisotopic (exact) mass is 290 g/mol. The van der Waals surface area contributed by atoms with Crippen LogP contribution in [0.4, 0.5) is 0 Å². The highest BCUT2D eigenvalue weighted by atomic mass is 16.5. The molecular weight excluding hydrogens is 260 g/mol. The first-order valence-electron chi connectivity index (χ1n) is 8.27. The molecule has 118 valence electrons. The van der Waals surface area contributed by atoms with Crippen LogP contribution >= 0.6 is 0 Å². The Morgan fingerprint density at radius 3 is 2.62 bits per heavy atom. The summed E-state index contributed by atoms with van der Waals surface area (Å²) < 4.78 is 5.85. The van der Waals surface area contributed by atoms with Crippen LogP contribution in [0.2, 0.25) is 0 Å². The molecule has 1 aromatic carbocycles. The summed E-state index contributed by atoms with van der Waals surface area (Å²) in [5.41, 5.74) is 7.80. The highest BCUT2D eigenvalue weighted by Crippen LogP contribution is 2.32. The maximum absolute atomic E-state index is 6.51. The van der Waals surface area contributed by atoms with E-state index in [1.165, 1.54) is 18.4 Å². The van der Waals surface area contributed by atoms with E-state index in [4.69, 9.17) is 10.5 Å². The predicted molar refractivity (Wildman–Crippen MR) is 88.6 cm³/mol. The van der Waals surface area contributed by atoms with Gasteiger partial charge in [0.15, 0.2) is 0 Å². The molecule has 1 saturated heterocycles. The van der Waals surface area contributed by atoms with Crippen molar-refractivity contribution in [3.8, 4) is 5.75 Å². The van der Waals surface area contributed by atoms with Crippen molar-refractivity contribution < 1.29 is 4.74 Å². The highest BCUT2D eigenvalue weighted by molar-refractivity contribution is 5.32. The van der Waals surface area contributed by atoms with E-state index >= 15 is 0 Å². The summed E-state index contributed by atoms with van der Waals surface area (Å²) in [5, 5.41) is 0. The highest BCUT2D eigenvalue weighted by Gasteiger charge is 2.30. The summed E-state index contributed by atoms with van der Waals surface area (Å²) in [6.45, 7) is 9.78. The molecule has 0 radical (unpaired) electrons. The lowest BCUT2D eigenvalue weighted by Crippen LogP contribution is -2.43. The zero-order valence-electron chi connectivity index (χ0n) is 13.9. The van der Waals surface area contributed by atoms with Gasteiger partial charge in [-0.3, -0.25) is 4.90 Å². The van der Waals surface area contributed by atoms with Crippen LogP contribution in [0.1, 0.15) is 58.6 Å². The molecule has 3 nitrogen and oxygen atoms in total.